The molecule has 1 atom stereocenters. The average Bonchev–Trinajstić information content (AvgIpc) is 3.36. The molecule has 0 saturated carbocycles. The number of ether oxygens (including phenoxy) is 1. The zero-order valence-corrected chi connectivity index (χ0v) is 17.1. The Hall–Kier alpha value is -2.45. The number of aromatic nitrogens is 2. The van der Waals surface area contributed by atoms with Gasteiger partial charge in [0.05, 0.1) is 15.2 Å². The smallest absolute Gasteiger partial charge is 0.273 e. The van der Waals surface area contributed by atoms with Crippen molar-refractivity contribution in [3.8, 4) is 5.75 Å². The molecule has 3 aromatic rings. The van der Waals surface area contributed by atoms with Crippen molar-refractivity contribution in [1.82, 2.24) is 20.2 Å². The van der Waals surface area contributed by atoms with Crippen LogP contribution in [0.5, 0.6) is 5.75 Å². The zero-order chi connectivity index (χ0) is 19.7. The first-order chi connectivity index (χ1) is 13.4. The number of benzene rings is 1. The summed E-state index contributed by atoms with van der Waals surface area (Å²) in [5.74, 6) is 0.844. The van der Waals surface area contributed by atoms with E-state index in [1.54, 1.807) is 11.3 Å². The number of amides is 1. The van der Waals surface area contributed by atoms with E-state index < -0.39 is 0 Å². The Morgan fingerprint density at radius 2 is 2.29 bits per heavy atom. The normalized spacial score (nSPS) is 20.0. The summed E-state index contributed by atoms with van der Waals surface area (Å²) in [5.41, 5.74) is 1.30. The Kier molecular flexibility index (Phi) is 5.07. The van der Waals surface area contributed by atoms with Crippen molar-refractivity contribution in [1.29, 1.82) is 0 Å². The van der Waals surface area contributed by atoms with Crippen LogP contribution in [-0.2, 0) is 6.61 Å². The topological polar surface area (TPSA) is 80.5 Å². The minimum Gasteiger partial charge on any atom is -0.484 e. The molecule has 28 heavy (non-hydrogen) atoms. The number of aryl methyl sites for hydroxylation is 1. The van der Waals surface area contributed by atoms with Gasteiger partial charge in [-0.1, -0.05) is 6.92 Å². The summed E-state index contributed by atoms with van der Waals surface area (Å²) >= 11 is 1.65. The van der Waals surface area contributed by atoms with Gasteiger partial charge in [0.2, 0.25) is 5.89 Å². The van der Waals surface area contributed by atoms with Gasteiger partial charge >= 0.3 is 0 Å². The number of carbonyl (C=O) groups is 1. The lowest BCUT2D eigenvalue weighted by Crippen LogP contribution is -2.37. The number of oxazole rings is 1. The second kappa shape index (κ2) is 7.52. The molecule has 1 unspecified atom stereocenters. The molecule has 4 rings (SSSR count). The van der Waals surface area contributed by atoms with Crippen LogP contribution in [-0.4, -0.2) is 47.5 Å². The third-order valence-corrected chi connectivity index (χ3v) is 5.99. The summed E-state index contributed by atoms with van der Waals surface area (Å²) in [6.07, 6.45) is 2.45. The van der Waals surface area contributed by atoms with Gasteiger partial charge in [-0.05, 0) is 44.5 Å². The highest BCUT2D eigenvalue weighted by molar-refractivity contribution is 7.18. The third-order valence-electron chi connectivity index (χ3n) is 5.04. The number of fused-ring (bicyclic) bond motifs is 1. The van der Waals surface area contributed by atoms with E-state index in [0.717, 1.165) is 34.7 Å². The van der Waals surface area contributed by atoms with Gasteiger partial charge in [0, 0.05) is 19.2 Å². The number of nitrogens with one attached hydrogen (secondary N) is 1. The second-order valence-corrected chi connectivity index (χ2v) is 8.99. The van der Waals surface area contributed by atoms with Gasteiger partial charge in [-0.25, -0.2) is 9.97 Å². The maximum atomic E-state index is 12.4. The summed E-state index contributed by atoms with van der Waals surface area (Å²) in [7, 11) is 2.10. The van der Waals surface area contributed by atoms with Gasteiger partial charge in [0.15, 0.2) is 12.3 Å². The minimum atomic E-state index is -0.217. The number of hydrogen-bond donors (Lipinski definition) is 1. The van der Waals surface area contributed by atoms with E-state index in [0.29, 0.717) is 18.2 Å². The summed E-state index contributed by atoms with van der Waals surface area (Å²) in [4.78, 5) is 23.4. The summed E-state index contributed by atoms with van der Waals surface area (Å²) in [5, 5.41) is 4.00. The fourth-order valence-corrected chi connectivity index (χ4v) is 4.35. The highest BCUT2D eigenvalue weighted by Crippen LogP contribution is 2.28. The number of hydrogen-bond acceptors (Lipinski definition) is 7. The van der Waals surface area contributed by atoms with Crippen molar-refractivity contribution in [2.45, 2.75) is 26.9 Å². The van der Waals surface area contributed by atoms with Gasteiger partial charge in [0.1, 0.15) is 12.0 Å². The predicted molar refractivity (Wildman–Crippen MR) is 108 cm³/mol. The van der Waals surface area contributed by atoms with Gasteiger partial charge in [0.25, 0.3) is 5.91 Å². The highest BCUT2D eigenvalue weighted by atomic mass is 32.1. The molecule has 1 aliphatic rings. The molecule has 1 aliphatic heterocycles. The Balaban J connectivity index is 1.32. The highest BCUT2D eigenvalue weighted by Gasteiger charge is 2.32. The van der Waals surface area contributed by atoms with Crippen molar-refractivity contribution < 1.29 is 13.9 Å². The summed E-state index contributed by atoms with van der Waals surface area (Å²) in [6.45, 7) is 7.00. The quantitative estimate of drug-likeness (QED) is 0.684. The maximum absolute atomic E-state index is 12.4. The second-order valence-electron chi connectivity index (χ2n) is 7.76. The van der Waals surface area contributed by atoms with Crippen molar-refractivity contribution >= 4 is 27.5 Å². The van der Waals surface area contributed by atoms with Crippen LogP contribution in [0.2, 0.25) is 0 Å². The summed E-state index contributed by atoms with van der Waals surface area (Å²) in [6, 6.07) is 5.79. The van der Waals surface area contributed by atoms with Crippen LogP contribution in [0.15, 0.2) is 28.9 Å². The summed E-state index contributed by atoms with van der Waals surface area (Å²) < 4.78 is 12.3. The zero-order valence-electron chi connectivity index (χ0n) is 16.3. The first-order valence-corrected chi connectivity index (χ1v) is 10.1. The van der Waals surface area contributed by atoms with Crippen LogP contribution < -0.4 is 10.1 Å². The van der Waals surface area contributed by atoms with Crippen LogP contribution in [0.4, 0.5) is 0 Å². The Morgan fingerprint density at radius 1 is 1.43 bits per heavy atom. The first kappa shape index (κ1) is 18.9. The Morgan fingerprint density at radius 3 is 3.07 bits per heavy atom. The lowest BCUT2D eigenvalue weighted by Gasteiger charge is -2.23. The third kappa shape index (κ3) is 4.18. The number of carbonyl (C=O) groups excluding carboxylic acids is 1. The SMILES string of the molecule is Cc1nc2cc(OCc3nc(C(=O)NCC4(C)CCN(C)C4)co3)ccc2s1. The molecule has 7 nitrogen and oxygen atoms in total. The monoisotopic (exact) mass is 400 g/mol. The molecule has 3 heterocycles. The molecule has 1 saturated heterocycles. The molecule has 0 radical (unpaired) electrons. The lowest BCUT2D eigenvalue weighted by molar-refractivity contribution is 0.0929. The molecule has 2 aromatic heterocycles. The standard InChI is InChI=1S/C20H24N4O3S/c1-13-22-15-8-14(4-5-17(15)28-13)26-10-18-23-16(9-27-18)19(25)21-11-20(2)6-7-24(3)12-20/h4-5,8-9H,6-7,10-12H2,1-3H3,(H,21,25). The molecule has 1 aromatic carbocycles. The van der Waals surface area contributed by atoms with E-state index >= 15 is 0 Å². The Bertz CT molecular complexity index is 998. The minimum absolute atomic E-state index is 0.104. The van der Waals surface area contributed by atoms with Gasteiger partial charge in [-0.3, -0.25) is 4.79 Å². The molecule has 0 aliphatic carbocycles. The van der Waals surface area contributed by atoms with Crippen LogP contribution in [0.1, 0.15) is 34.7 Å². The molecule has 1 fully saturated rings. The molecule has 1 N–H and O–H groups in total. The molecule has 8 heteroatoms. The van der Waals surface area contributed by atoms with E-state index in [4.69, 9.17) is 9.15 Å². The lowest BCUT2D eigenvalue weighted by atomic mass is 9.90. The fraction of sp³-hybridized carbons (Fsp3) is 0.450. The molecular formula is C20H24N4O3S. The van der Waals surface area contributed by atoms with Gasteiger partial charge in [-0.15, -0.1) is 11.3 Å². The Labute approximate surface area is 167 Å². The number of rotatable bonds is 6. The van der Waals surface area contributed by atoms with E-state index in [-0.39, 0.29) is 23.6 Å². The maximum Gasteiger partial charge on any atom is 0.273 e. The van der Waals surface area contributed by atoms with Gasteiger partial charge < -0.3 is 19.4 Å². The van der Waals surface area contributed by atoms with Gasteiger partial charge in [-0.2, -0.15) is 0 Å². The van der Waals surface area contributed by atoms with Crippen molar-refractivity contribution in [2.75, 3.05) is 26.7 Å². The predicted octanol–water partition coefficient (Wildman–Crippen LogP) is 3.24. The molecular weight excluding hydrogens is 376 g/mol. The van der Waals surface area contributed by atoms with Crippen LogP contribution in [0.3, 0.4) is 0 Å². The van der Waals surface area contributed by atoms with Crippen molar-refractivity contribution in [3.63, 3.8) is 0 Å². The van der Waals surface area contributed by atoms with Crippen LogP contribution >= 0.6 is 11.3 Å². The van der Waals surface area contributed by atoms with E-state index in [1.165, 1.54) is 6.26 Å². The number of nitrogens with zero attached hydrogens (tertiary/aromatic N) is 3. The average molecular weight is 401 g/mol. The number of thiazole rings is 1. The van der Waals surface area contributed by atoms with E-state index in [2.05, 4.69) is 34.2 Å². The molecule has 148 valence electrons. The largest absolute Gasteiger partial charge is 0.484 e. The van der Waals surface area contributed by atoms with Crippen molar-refractivity contribution in [2.24, 2.45) is 5.41 Å². The van der Waals surface area contributed by atoms with Crippen molar-refractivity contribution in [3.05, 3.63) is 41.1 Å². The molecule has 1 amide bonds. The van der Waals surface area contributed by atoms with Crippen LogP contribution in [0, 0.1) is 12.3 Å². The van der Waals surface area contributed by atoms with E-state index in [1.807, 2.05) is 25.1 Å². The first-order valence-electron chi connectivity index (χ1n) is 9.31. The van der Waals surface area contributed by atoms with Crippen LogP contribution in [0.25, 0.3) is 10.2 Å². The molecule has 0 bridgehead atoms. The fourth-order valence-electron chi connectivity index (χ4n) is 3.54. The van der Waals surface area contributed by atoms with E-state index in [9.17, 15) is 4.79 Å². The number of likely N-dealkylation sites (tertiary alicyclic amines) is 1. The molecule has 0 spiro atoms.